The van der Waals surface area contributed by atoms with Crippen LogP contribution in [0.15, 0.2) is 42.7 Å². The Bertz CT molecular complexity index is 730. The molecule has 2 N–H and O–H groups in total. The molecule has 0 saturated heterocycles. The van der Waals surface area contributed by atoms with Gasteiger partial charge in [-0.2, -0.15) is 0 Å². The van der Waals surface area contributed by atoms with Crippen molar-refractivity contribution in [3.63, 3.8) is 0 Å². The highest BCUT2D eigenvalue weighted by molar-refractivity contribution is 5.74. The lowest BCUT2D eigenvalue weighted by Crippen LogP contribution is -2.44. The van der Waals surface area contributed by atoms with Gasteiger partial charge < -0.3 is 19.9 Å². The number of aliphatic carboxylic acids is 1. The number of amides is 2. The Morgan fingerprint density at radius 1 is 1.30 bits per heavy atom. The van der Waals surface area contributed by atoms with Gasteiger partial charge in [-0.05, 0) is 31.7 Å². The second-order valence-electron chi connectivity index (χ2n) is 6.71. The van der Waals surface area contributed by atoms with E-state index in [2.05, 4.69) is 14.9 Å². The number of carbonyl (C=O) groups is 2. The van der Waals surface area contributed by atoms with Gasteiger partial charge in [0.1, 0.15) is 5.82 Å². The van der Waals surface area contributed by atoms with Crippen LogP contribution in [0.3, 0.4) is 0 Å². The maximum Gasteiger partial charge on any atom is 0.317 e. The van der Waals surface area contributed by atoms with Crippen molar-refractivity contribution < 1.29 is 14.7 Å². The van der Waals surface area contributed by atoms with E-state index in [1.165, 1.54) is 0 Å². The third-order valence-electron chi connectivity index (χ3n) is 4.52. The zero-order valence-corrected chi connectivity index (χ0v) is 16.0. The van der Waals surface area contributed by atoms with Crippen LogP contribution in [0.2, 0.25) is 0 Å². The predicted octanol–water partition coefficient (Wildman–Crippen LogP) is 2.70. The van der Waals surface area contributed by atoms with Gasteiger partial charge in [-0.25, -0.2) is 9.78 Å². The molecule has 0 aliphatic carbocycles. The number of hydrogen-bond acceptors (Lipinski definition) is 3. The summed E-state index contributed by atoms with van der Waals surface area (Å²) in [6.07, 6.45) is 5.56. The Morgan fingerprint density at radius 2 is 2.04 bits per heavy atom. The van der Waals surface area contributed by atoms with Crippen molar-refractivity contribution >= 4 is 12.0 Å². The standard InChI is InChI=1S/C20H28N4O3/c1-16-21-11-14-24(16)13-6-12-23(2)20(27)22-18(9-10-19(25)26)15-17-7-4-3-5-8-17/h3-5,7-8,11,14,18H,6,9-10,12-13,15H2,1-2H3,(H,22,27)(H,25,26). The number of benzene rings is 1. The van der Waals surface area contributed by atoms with Crippen LogP contribution in [-0.2, 0) is 17.8 Å². The first-order valence-electron chi connectivity index (χ1n) is 9.21. The molecule has 1 unspecified atom stereocenters. The lowest BCUT2D eigenvalue weighted by atomic mass is 10.0. The zero-order valence-electron chi connectivity index (χ0n) is 16.0. The molecule has 0 fully saturated rings. The number of carboxylic acid groups (broad SMARTS) is 1. The van der Waals surface area contributed by atoms with Crippen molar-refractivity contribution in [2.24, 2.45) is 0 Å². The molecule has 7 heteroatoms. The number of carboxylic acids is 1. The highest BCUT2D eigenvalue weighted by Crippen LogP contribution is 2.09. The molecular weight excluding hydrogens is 344 g/mol. The molecule has 146 valence electrons. The lowest BCUT2D eigenvalue weighted by molar-refractivity contribution is -0.137. The molecule has 0 aliphatic rings. The smallest absolute Gasteiger partial charge is 0.317 e. The van der Waals surface area contributed by atoms with Crippen LogP contribution in [0, 0.1) is 6.92 Å². The Balaban J connectivity index is 1.84. The summed E-state index contributed by atoms with van der Waals surface area (Å²) in [5.74, 6) is 0.102. The topological polar surface area (TPSA) is 87.5 Å². The zero-order chi connectivity index (χ0) is 19.6. The highest BCUT2D eigenvalue weighted by atomic mass is 16.4. The van der Waals surface area contributed by atoms with Gasteiger partial charge in [0.2, 0.25) is 0 Å². The molecule has 1 heterocycles. The van der Waals surface area contributed by atoms with Gasteiger partial charge in [0, 0.05) is 45.0 Å². The molecule has 1 aromatic carbocycles. The minimum atomic E-state index is -0.855. The lowest BCUT2D eigenvalue weighted by Gasteiger charge is -2.23. The Kier molecular flexibility index (Phi) is 7.85. The second-order valence-corrected chi connectivity index (χ2v) is 6.71. The summed E-state index contributed by atoms with van der Waals surface area (Å²) in [4.78, 5) is 29.3. The van der Waals surface area contributed by atoms with Crippen LogP contribution in [-0.4, -0.2) is 51.2 Å². The fraction of sp³-hybridized carbons (Fsp3) is 0.450. The van der Waals surface area contributed by atoms with E-state index in [-0.39, 0.29) is 18.5 Å². The summed E-state index contributed by atoms with van der Waals surface area (Å²) in [6, 6.07) is 9.39. The summed E-state index contributed by atoms with van der Waals surface area (Å²) in [7, 11) is 1.76. The average molecular weight is 372 g/mol. The maximum absolute atomic E-state index is 12.5. The number of carbonyl (C=O) groups excluding carboxylic acids is 1. The summed E-state index contributed by atoms with van der Waals surface area (Å²) in [5, 5.41) is 12.0. The van der Waals surface area contributed by atoms with Crippen LogP contribution < -0.4 is 5.32 Å². The number of imidazole rings is 1. The van der Waals surface area contributed by atoms with Gasteiger partial charge >= 0.3 is 12.0 Å². The molecule has 0 aliphatic heterocycles. The van der Waals surface area contributed by atoms with Gasteiger partial charge in [0.05, 0.1) is 0 Å². The van der Waals surface area contributed by atoms with E-state index in [9.17, 15) is 9.59 Å². The third-order valence-corrected chi connectivity index (χ3v) is 4.52. The largest absolute Gasteiger partial charge is 0.481 e. The van der Waals surface area contributed by atoms with Crippen LogP contribution >= 0.6 is 0 Å². The number of rotatable bonds is 10. The fourth-order valence-corrected chi connectivity index (χ4v) is 2.93. The van der Waals surface area contributed by atoms with Crippen molar-refractivity contribution in [1.29, 1.82) is 0 Å². The first-order chi connectivity index (χ1) is 13.0. The quantitative estimate of drug-likeness (QED) is 0.671. The minimum absolute atomic E-state index is 0.0292. The van der Waals surface area contributed by atoms with Crippen LogP contribution in [0.4, 0.5) is 4.79 Å². The molecule has 0 radical (unpaired) electrons. The number of urea groups is 1. The summed E-state index contributed by atoms with van der Waals surface area (Å²) in [5.41, 5.74) is 1.08. The highest BCUT2D eigenvalue weighted by Gasteiger charge is 2.17. The van der Waals surface area contributed by atoms with Crippen molar-refractivity contribution in [1.82, 2.24) is 19.8 Å². The van der Waals surface area contributed by atoms with Gasteiger partial charge in [0.15, 0.2) is 0 Å². The molecule has 0 spiro atoms. The second kappa shape index (κ2) is 10.4. The van der Waals surface area contributed by atoms with Crippen molar-refractivity contribution in [2.75, 3.05) is 13.6 Å². The van der Waals surface area contributed by atoms with Crippen molar-refractivity contribution in [2.45, 2.75) is 45.2 Å². The van der Waals surface area contributed by atoms with E-state index >= 15 is 0 Å². The molecule has 27 heavy (non-hydrogen) atoms. The van der Waals surface area contributed by atoms with Crippen LogP contribution in [0.25, 0.3) is 0 Å². The molecule has 1 atom stereocenters. The van der Waals surface area contributed by atoms with E-state index in [1.807, 2.05) is 43.5 Å². The Morgan fingerprint density at radius 3 is 2.67 bits per heavy atom. The SMILES string of the molecule is Cc1nccn1CCCN(C)C(=O)NC(CCC(=O)O)Cc1ccccc1. The van der Waals surface area contributed by atoms with E-state index in [0.717, 1.165) is 24.4 Å². The molecule has 0 saturated carbocycles. The molecule has 0 bridgehead atoms. The van der Waals surface area contributed by atoms with Crippen LogP contribution in [0.5, 0.6) is 0 Å². The van der Waals surface area contributed by atoms with Crippen molar-refractivity contribution in [3.05, 3.63) is 54.1 Å². The number of nitrogens with one attached hydrogen (secondary N) is 1. The molecule has 2 rings (SSSR count). The van der Waals surface area contributed by atoms with Gasteiger partial charge in [0.25, 0.3) is 0 Å². The first-order valence-corrected chi connectivity index (χ1v) is 9.21. The monoisotopic (exact) mass is 372 g/mol. The predicted molar refractivity (Wildman–Crippen MR) is 104 cm³/mol. The van der Waals surface area contributed by atoms with E-state index < -0.39 is 5.97 Å². The van der Waals surface area contributed by atoms with Crippen LogP contribution in [0.1, 0.15) is 30.7 Å². The molecule has 2 amide bonds. The fourth-order valence-electron chi connectivity index (χ4n) is 2.93. The minimum Gasteiger partial charge on any atom is -0.481 e. The maximum atomic E-state index is 12.5. The molecule has 2 aromatic rings. The first kappa shape index (κ1) is 20.5. The number of hydrogen-bond donors (Lipinski definition) is 2. The molecular formula is C20H28N4O3. The van der Waals surface area contributed by atoms with E-state index in [4.69, 9.17) is 5.11 Å². The summed E-state index contributed by atoms with van der Waals surface area (Å²) < 4.78 is 2.05. The normalized spacial score (nSPS) is 11.8. The van der Waals surface area contributed by atoms with E-state index in [0.29, 0.717) is 19.4 Å². The summed E-state index contributed by atoms with van der Waals surface area (Å²) >= 11 is 0. The van der Waals surface area contributed by atoms with Crippen molar-refractivity contribution in [3.8, 4) is 0 Å². The summed E-state index contributed by atoms with van der Waals surface area (Å²) in [6.45, 7) is 3.36. The van der Waals surface area contributed by atoms with Gasteiger partial charge in [-0.3, -0.25) is 4.79 Å². The number of aryl methyl sites for hydroxylation is 2. The average Bonchev–Trinajstić information content (AvgIpc) is 3.05. The molecule has 7 nitrogen and oxygen atoms in total. The number of nitrogens with zero attached hydrogens (tertiary/aromatic N) is 3. The van der Waals surface area contributed by atoms with E-state index in [1.54, 1.807) is 18.1 Å². The number of aromatic nitrogens is 2. The molecule has 1 aromatic heterocycles. The Hall–Kier alpha value is -2.83. The third kappa shape index (κ3) is 7.13. The van der Waals surface area contributed by atoms with Gasteiger partial charge in [-0.1, -0.05) is 30.3 Å². The van der Waals surface area contributed by atoms with Gasteiger partial charge in [-0.15, -0.1) is 0 Å². The Labute approximate surface area is 160 Å².